The maximum Gasteiger partial charge on any atom is 0.241 e. The van der Waals surface area contributed by atoms with E-state index in [1.165, 1.54) is 12.2 Å². The average molecular weight is 300 g/mol. The third-order valence-corrected chi connectivity index (χ3v) is 5.84. The van der Waals surface area contributed by atoms with Gasteiger partial charge in [-0.05, 0) is 31.3 Å². The van der Waals surface area contributed by atoms with Crippen molar-refractivity contribution < 1.29 is 9.53 Å². The van der Waals surface area contributed by atoms with Crippen LogP contribution in [0, 0.1) is 11.3 Å². The minimum atomic E-state index is -0.757. The summed E-state index contributed by atoms with van der Waals surface area (Å²) in [6.45, 7) is 5.58. The average Bonchev–Trinajstić information content (AvgIpc) is 2.89. The Bertz CT molecular complexity index is 362. The number of carbonyl (C=O) groups excluding carboxylic acids is 1. The Morgan fingerprint density at radius 3 is 2.85 bits per heavy atom. The van der Waals surface area contributed by atoms with Gasteiger partial charge < -0.3 is 15.8 Å². The highest BCUT2D eigenvalue weighted by Crippen LogP contribution is 2.58. The van der Waals surface area contributed by atoms with Gasteiger partial charge in [-0.15, -0.1) is 0 Å². The second-order valence-corrected chi connectivity index (χ2v) is 7.57. The largest absolute Gasteiger partial charge is 0.377 e. The Kier molecular flexibility index (Phi) is 5.03. The first-order chi connectivity index (χ1) is 9.46. The number of nitrogens with two attached hydrogens (primary N) is 1. The zero-order valence-electron chi connectivity index (χ0n) is 12.9. The van der Waals surface area contributed by atoms with Crippen LogP contribution in [0.1, 0.15) is 39.5 Å². The Morgan fingerprint density at radius 2 is 2.15 bits per heavy atom. The van der Waals surface area contributed by atoms with Crippen LogP contribution in [0.25, 0.3) is 0 Å². The minimum absolute atomic E-state index is 0.0131. The van der Waals surface area contributed by atoms with E-state index in [2.05, 4.69) is 25.4 Å². The number of ether oxygens (including phenoxy) is 1. The van der Waals surface area contributed by atoms with Gasteiger partial charge in [0.1, 0.15) is 5.54 Å². The summed E-state index contributed by atoms with van der Waals surface area (Å²) in [4.78, 5) is 12.5. The molecule has 0 radical (unpaired) electrons. The first kappa shape index (κ1) is 16.1. The van der Waals surface area contributed by atoms with Gasteiger partial charge in [0.2, 0.25) is 5.91 Å². The molecular formula is C15H28N2O2S. The molecule has 20 heavy (non-hydrogen) atoms. The lowest BCUT2D eigenvalue weighted by molar-refractivity contribution is -0.175. The number of fused-ring (bicyclic) bond motifs is 1. The predicted molar refractivity (Wildman–Crippen MR) is 83.8 cm³/mol. The van der Waals surface area contributed by atoms with E-state index in [0.717, 1.165) is 32.4 Å². The molecule has 2 aliphatic rings. The number of carbonyl (C=O) groups is 1. The molecule has 3 atom stereocenters. The van der Waals surface area contributed by atoms with Crippen molar-refractivity contribution in [1.29, 1.82) is 0 Å². The normalized spacial score (nSPS) is 34.4. The fourth-order valence-electron chi connectivity index (χ4n) is 3.74. The molecular weight excluding hydrogens is 272 g/mol. The van der Waals surface area contributed by atoms with Crippen molar-refractivity contribution in [1.82, 2.24) is 5.32 Å². The van der Waals surface area contributed by atoms with E-state index < -0.39 is 5.54 Å². The molecule has 1 amide bonds. The number of hydrogen-bond acceptors (Lipinski definition) is 4. The Balaban J connectivity index is 1.80. The lowest BCUT2D eigenvalue weighted by Gasteiger charge is -2.60. The van der Waals surface area contributed by atoms with E-state index >= 15 is 0 Å². The lowest BCUT2D eigenvalue weighted by atomic mass is 9.48. The van der Waals surface area contributed by atoms with Crippen LogP contribution in [0.4, 0.5) is 0 Å². The molecule has 2 rings (SSSR count). The first-order valence-electron chi connectivity index (χ1n) is 7.64. The van der Waals surface area contributed by atoms with Crippen molar-refractivity contribution in [3.63, 3.8) is 0 Å². The van der Waals surface area contributed by atoms with Gasteiger partial charge >= 0.3 is 0 Å². The number of amides is 1. The van der Waals surface area contributed by atoms with Crippen molar-refractivity contribution in [2.45, 2.75) is 51.2 Å². The summed E-state index contributed by atoms with van der Waals surface area (Å²) in [5.74, 6) is 1.40. The van der Waals surface area contributed by atoms with Gasteiger partial charge in [0, 0.05) is 24.5 Å². The standard InChI is InChI=1S/C15H28N2O2S/c1-14(2)12-11(7-9-19-12)15(14,16)13(18)17-8-5-4-6-10-20-3/h11-12H,4-10,16H2,1-3H3,(H,17,18). The molecule has 1 saturated carbocycles. The highest BCUT2D eigenvalue weighted by Gasteiger charge is 2.71. The smallest absolute Gasteiger partial charge is 0.241 e. The fraction of sp³-hybridized carbons (Fsp3) is 0.933. The Labute approximate surface area is 126 Å². The molecule has 0 aromatic rings. The molecule has 1 aliphatic heterocycles. The molecule has 1 aliphatic carbocycles. The number of hydrogen-bond donors (Lipinski definition) is 2. The topological polar surface area (TPSA) is 64.4 Å². The number of unbranched alkanes of at least 4 members (excludes halogenated alkanes) is 2. The van der Waals surface area contributed by atoms with Crippen LogP contribution in [0.15, 0.2) is 0 Å². The quantitative estimate of drug-likeness (QED) is 0.704. The van der Waals surface area contributed by atoms with Gasteiger partial charge in [0.05, 0.1) is 6.10 Å². The summed E-state index contributed by atoms with van der Waals surface area (Å²) in [6.07, 6.45) is 6.60. The SMILES string of the molecule is CSCCCCCNC(=O)C1(N)C2CCOC2C1(C)C. The summed E-state index contributed by atoms with van der Waals surface area (Å²) in [7, 11) is 0. The van der Waals surface area contributed by atoms with Crippen molar-refractivity contribution in [3.8, 4) is 0 Å². The van der Waals surface area contributed by atoms with Gasteiger partial charge in [-0.2, -0.15) is 11.8 Å². The van der Waals surface area contributed by atoms with Crippen LogP contribution < -0.4 is 11.1 Å². The first-order valence-corrected chi connectivity index (χ1v) is 9.03. The fourth-order valence-corrected chi connectivity index (χ4v) is 4.23. The van der Waals surface area contributed by atoms with Crippen LogP contribution in [-0.2, 0) is 9.53 Å². The van der Waals surface area contributed by atoms with E-state index in [9.17, 15) is 4.79 Å². The van der Waals surface area contributed by atoms with Crippen LogP contribution in [-0.4, -0.2) is 42.7 Å². The summed E-state index contributed by atoms with van der Waals surface area (Å²) < 4.78 is 5.72. The lowest BCUT2D eigenvalue weighted by Crippen LogP contribution is -2.80. The molecule has 5 heteroatoms. The van der Waals surface area contributed by atoms with Gasteiger partial charge in [-0.1, -0.05) is 20.3 Å². The zero-order valence-corrected chi connectivity index (χ0v) is 13.7. The maximum atomic E-state index is 12.5. The maximum absolute atomic E-state index is 12.5. The Hall–Kier alpha value is -0.260. The summed E-state index contributed by atoms with van der Waals surface area (Å²) >= 11 is 1.87. The third-order valence-electron chi connectivity index (χ3n) is 5.14. The van der Waals surface area contributed by atoms with E-state index in [0.29, 0.717) is 0 Å². The van der Waals surface area contributed by atoms with Crippen molar-refractivity contribution >= 4 is 17.7 Å². The van der Waals surface area contributed by atoms with E-state index in [4.69, 9.17) is 10.5 Å². The molecule has 0 aromatic carbocycles. The predicted octanol–water partition coefficient (Wildman–Crippen LogP) is 1.78. The van der Waals surface area contributed by atoms with Gasteiger partial charge in [0.15, 0.2) is 0 Å². The van der Waals surface area contributed by atoms with Crippen molar-refractivity contribution in [2.24, 2.45) is 17.1 Å². The van der Waals surface area contributed by atoms with E-state index in [1.807, 2.05) is 11.8 Å². The van der Waals surface area contributed by atoms with Crippen molar-refractivity contribution in [3.05, 3.63) is 0 Å². The summed E-state index contributed by atoms with van der Waals surface area (Å²) in [5.41, 5.74) is 5.45. The van der Waals surface area contributed by atoms with Crippen LogP contribution in [0.3, 0.4) is 0 Å². The second kappa shape index (κ2) is 6.24. The number of thioether (sulfide) groups is 1. The molecule has 3 N–H and O–H groups in total. The highest BCUT2D eigenvalue weighted by molar-refractivity contribution is 7.98. The molecule has 0 aromatic heterocycles. The molecule has 1 heterocycles. The third kappa shape index (κ3) is 2.48. The monoisotopic (exact) mass is 300 g/mol. The molecule has 116 valence electrons. The van der Waals surface area contributed by atoms with Gasteiger partial charge in [0.25, 0.3) is 0 Å². The van der Waals surface area contributed by atoms with Crippen LogP contribution in [0.2, 0.25) is 0 Å². The molecule has 3 unspecified atom stereocenters. The minimum Gasteiger partial charge on any atom is -0.377 e. The zero-order chi connectivity index (χ0) is 14.8. The van der Waals surface area contributed by atoms with Crippen molar-refractivity contribution in [2.75, 3.05) is 25.2 Å². The number of rotatable bonds is 7. The Morgan fingerprint density at radius 1 is 1.40 bits per heavy atom. The molecule has 0 bridgehead atoms. The summed E-state index contributed by atoms with van der Waals surface area (Å²) in [6, 6.07) is 0. The molecule has 1 saturated heterocycles. The summed E-state index contributed by atoms with van der Waals surface area (Å²) in [5, 5.41) is 3.04. The van der Waals surface area contributed by atoms with E-state index in [1.54, 1.807) is 0 Å². The van der Waals surface area contributed by atoms with Gasteiger partial charge in [-0.3, -0.25) is 4.79 Å². The molecule has 0 spiro atoms. The van der Waals surface area contributed by atoms with Crippen LogP contribution >= 0.6 is 11.8 Å². The van der Waals surface area contributed by atoms with Gasteiger partial charge in [-0.25, -0.2) is 0 Å². The molecule has 4 nitrogen and oxygen atoms in total. The number of nitrogens with one attached hydrogen (secondary N) is 1. The molecule has 2 fully saturated rings. The van der Waals surface area contributed by atoms with E-state index in [-0.39, 0.29) is 23.3 Å². The highest BCUT2D eigenvalue weighted by atomic mass is 32.2. The van der Waals surface area contributed by atoms with Crippen LogP contribution in [0.5, 0.6) is 0 Å². The second-order valence-electron chi connectivity index (χ2n) is 6.59.